The van der Waals surface area contributed by atoms with Gasteiger partial charge in [0.25, 0.3) is 17.7 Å². The predicted molar refractivity (Wildman–Crippen MR) is 148 cm³/mol. The number of halogens is 3. The predicted octanol–water partition coefficient (Wildman–Crippen LogP) is 3.42. The lowest BCUT2D eigenvalue weighted by Crippen LogP contribution is -2.44. The summed E-state index contributed by atoms with van der Waals surface area (Å²) in [5.41, 5.74) is -3.26. The van der Waals surface area contributed by atoms with Crippen LogP contribution in [0.3, 0.4) is 0 Å². The van der Waals surface area contributed by atoms with Crippen molar-refractivity contribution in [3.8, 4) is 11.8 Å². The van der Waals surface area contributed by atoms with Gasteiger partial charge in [0.2, 0.25) is 5.75 Å². The van der Waals surface area contributed by atoms with Crippen molar-refractivity contribution in [3.63, 3.8) is 0 Å². The van der Waals surface area contributed by atoms with Crippen LogP contribution in [0, 0.1) is 17.1 Å². The number of rotatable bonds is 7. The Labute approximate surface area is 237 Å². The molecule has 1 N–H and O–H groups in total. The summed E-state index contributed by atoms with van der Waals surface area (Å²) in [6.45, 7) is 4.85. The minimum atomic E-state index is -3.38. The van der Waals surface area contributed by atoms with Gasteiger partial charge in [-0.15, -0.1) is 0 Å². The molecule has 4 rings (SSSR count). The molecular formula is C27H25F3N6O4S. The molecule has 41 heavy (non-hydrogen) atoms. The molecule has 0 bridgehead atoms. The number of hydrogen-bond acceptors (Lipinski definition) is 7. The normalized spacial score (nSPS) is 14.9. The Morgan fingerprint density at radius 3 is 2.51 bits per heavy atom. The first-order chi connectivity index (χ1) is 19.2. The summed E-state index contributed by atoms with van der Waals surface area (Å²) >= 11 is 5.58. The minimum absolute atomic E-state index is 0.000870. The van der Waals surface area contributed by atoms with Gasteiger partial charge in [0.05, 0.1) is 28.7 Å². The van der Waals surface area contributed by atoms with E-state index in [1.807, 2.05) is 0 Å². The molecule has 0 spiro atoms. The summed E-state index contributed by atoms with van der Waals surface area (Å²) in [6.07, 6.45) is 1.45. The quantitative estimate of drug-likeness (QED) is 0.419. The Bertz CT molecular complexity index is 1710. The van der Waals surface area contributed by atoms with E-state index in [1.54, 1.807) is 13.0 Å². The number of aromatic nitrogens is 2. The SMILES string of the molecule is CCc1nc2c(F)cc(N3C(=S)N(c4ccc(C#N)c(C(C)(F)F)c4)C(=O)C3(C)C)cn2c(=O)c1OCC(=O)NC. The standard InChI is InChI=1S/C27H25F3N6O4S/c1-6-19-21(40-13-20(37)32-5)23(38)34-12-16(10-18(28)22(34)33-19)36-25(41)35(24(39)26(36,2)3)15-8-7-14(11-31)17(9-15)27(4,29)30/h7-10,12H,6,13H2,1-5H3,(H,32,37). The largest absolute Gasteiger partial charge is 0.476 e. The Morgan fingerprint density at radius 1 is 1.24 bits per heavy atom. The van der Waals surface area contributed by atoms with E-state index in [4.69, 9.17) is 17.0 Å². The molecule has 2 amide bonds. The van der Waals surface area contributed by atoms with Crippen LogP contribution in [0.25, 0.3) is 5.65 Å². The number of amides is 2. The van der Waals surface area contributed by atoms with Crippen LogP contribution < -0.4 is 25.4 Å². The third kappa shape index (κ3) is 4.97. The maximum Gasteiger partial charge on any atom is 0.300 e. The number of nitriles is 1. The number of ether oxygens (including phenoxy) is 1. The molecule has 0 atom stereocenters. The highest BCUT2D eigenvalue weighted by Crippen LogP contribution is 2.39. The second kappa shape index (κ2) is 10.5. The summed E-state index contributed by atoms with van der Waals surface area (Å²) in [5, 5.41) is 11.5. The highest BCUT2D eigenvalue weighted by atomic mass is 32.1. The van der Waals surface area contributed by atoms with E-state index < -0.39 is 46.8 Å². The average molecular weight is 587 g/mol. The Balaban J connectivity index is 1.86. The second-order valence-corrected chi connectivity index (χ2v) is 10.2. The number of benzene rings is 1. The smallest absolute Gasteiger partial charge is 0.300 e. The second-order valence-electron chi connectivity index (χ2n) is 9.80. The number of fused-ring (bicyclic) bond motifs is 1. The fourth-order valence-electron chi connectivity index (χ4n) is 4.52. The molecule has 0 radical (unpaired) electrons. The van der Waals surface area contributed by atoms with Gasteiger partial charge in [-0.25, -0.2) is 18.2 Å². The zero-order valence-corrected chi connectivity index (χ0v) is 23.5. The molecule has 0 unspecified atom stereocenters. The summed E-state index contributed by atoms with van der Waals surface area (Å²) in [4.78, 5) is 45.2. The van der Waals surface area contributed by atoms with Gasteiger partial charge in [-0.2, -0.15) is 5.26 Å². The van der Waals surface area contributed by atoms with Gasteiger partial charge < -0.3 is 15.0 Å². The topological polar surface area (TPSA) is 120 Å². The van der Waals surface area contributed by atoms with Crippen LogP contribution in [0.2, 0.25) is 0 Å². The lowest BCUT2D eigenvalue weighted by molar-refractivity contribution is -0.122. The first-order valence-electron chi connectivity index (χ1n) is 12.4. The first-order valence-corrected chi connectivity index (χ1v) is 12.8. The zero-order valence-electron chi connectivity index (χ0n) is 22.7. The number of likely N-dealkylation sites (N-methyl/N-ethyl adjacent to an activating group) is 1. The molecule has 3 aromatic rings. The lowest BCUT2D eigenvalue weighted by atomic mass is 10.0. The highest BCUT2D eigenvalue weighted by molar-refractivity contribution is 7.81. The summed E-state index contributed by atoms with van der Waals surface area (Å²) in [6, 6.07) is 6.27. The van der Waals surface area contributed by atoms with Crippen molar-refractivity contribution in [2.45, 2.75) is 45.6 Å². The van der Waals surface area contributed by atoms with E-state index in [1.165, 1.54) is 44.1 Å². The van der Waals surface area contributed by atoms with Crippen LogP contribution in [0.5, 0.6) is 5.75 Å². The van der Waals surface area contributed by atoms with Crippen LogP contribution >= 0.6 is 12.2 Å². The van der Waals surface area contributed by atoms with Gasteiger partial charge in [0.15, 0.2) is 23.2 Å². The summed E-state index contributed by atoms with van der Waals surface area (Å²) < 4.78 is 50.3. The molecule has 1 aliphatic rings. The average Bonchev–Trinajstić information content (AvgIpc) is 3.09. The monoisotopic (exact) mass is 586 g/mol. The van der Waals surface area contributed by atoms with Gasteiger partial charge in [0, 0.05) is 31.8 Å². The molecule has 14 heteroatoms. The van der Waals surface area contributed by atoms with Crippen molar-refractivity contribution in [3.05, 3.63) is 63.5 Å². The number of aryl methyl sites for hydroxylation is 1. The molecule has 1 aliphatic heterocycles. The van der Waals surface area contributed by atoms with E-state index in [9.17, 15) is 28.4 Å². The third-order valence-electron chi connectivity index (χ3n) is 6.64. The Morgan fingerprint density at radius 2 is 1.93 bits per heavy atom. The molecule has 10 nitrogen and oxygen atoms in total. The van der Waals surface area contributed by atoms with Gasteiger partial charge in [-0.05, 0) is 50.7 Å². The number of nitrogens with one attached hydrogen (secondary N) is 1. The number of nitrogens with zero attached hydrogens (tertiary/aromatic N) is 5. The molecular weight excluding hydrogens is 561 g/mol. The summed E-state index contributed by atoms with van der Waals surface area (Å²) in [5.74, 6) is -5.63. The number of pyridine rings is 1. The van der Waals surface area contributed by atoms with Gasteiger partial charge in [0.1, 0.15) is 5.54 Å². The fourth-order valence-corrected chi connectivity index (χ4v) is 5.04. The number of carbonyl (C=O) groups excluding carboxylic acids is 2. The van der Waals surface area contributed by atoms with Gasteiger partial charge in [-0.1, -0.05) is 6.92 Å². The maximum absolute atomic E-state index is 15.5. The number of anilines is 2. The van der Waals surface area contributed by atoms with Crippen molar-refractivity contribution in [2.75, 3.05) is 23.5 Å². The Kier molecular flexibility index (Phi) is 7.53. The number of carbonyl (C=O) groups is 2. The number of alkyl halides is 2. The van der Waals surface area contributed by atoms with Crippen LogP contribution in [0.1, 0.15) is 44.5 Å². The molecule has 2 aromatic heterocycles. The van der Waals surface area contributed by atoms with Crippen LogP contribution in [0.4, 0.5) is 24.5 Å². The van der Waals surface area contributed by atoms with Gasteiger partial charge in [-0.3, -0.25) is 23.7 Å². The molecule has 0 saturated carbocycles. The van der Waals surface area contributed by atoms with E-state index in [0.717, 1.165) is 21.4 Å². The van der Waals surface area contributed by atoms with E-state index in [-0.39, 0.29) is 45.6 Å². The molecule has 0 aliphatic carbocycles. The van der Waals surface area contributed by atoms with Crippen molar-refractivity contribution < 1.29 is 27.5 Å². The molecule has 1 saturated heterocycles. The zero-order chi connectivity index (χ0) is 30.4. The summed E-state index contributed by atoms with van der Waals surface area (Å²) in [7, 11) is 1.40. The van der Waals surface area contributed by atoms with E-state index in [0.29, 0.717) is 6.92 Å². The van der Waals surface area contributed by atoms with Crippen molar-refractivity contribution in [2.24, 2.45) is 0 Å². The van der Waals surface area contributed by atoms with E-state index in [2.05, 4.69) is 10.3 Å². The third-order valence-corrected chi connectivity index (χ3v) is 7.00. The molecule has 3 heterocycles. The minimum Gasteiger partial charge on any atom is -0.476 e. The van der Waals surface area contributed by atoms with Crippen LogP contribution in [-0.4, -0.2) is 45.5 Å². The van der Waals surface area contributed by atoms with Crippen molar-refractivity contribution in [1.29, 1.82) is 5.26 Å². The van der Waals surface area contributed by atoms with Crippen LogP contribution in [-0.2, 0) is 21.9 Å². The molecule has 1 aromatic carbocycles. The van der Waals surface area contributed by atoms with Crippen molar-refractivity contribution in [1.82, 2.24) is 14.7 Å². The first kappa shape index (κ1) is 29.5. The lowest BCUT2D eigenvalue weighted by Gasteiger charge is -2.29. The van der Waals surface area contributed by atoms with Gasteiger partial charge >= 0.3 is 5.56 Å². The molecule has 214 valence electrons. The fraction of sp³-hybridized carbons (Fsp3) is 0.333. The number of hydrogen-bond donors (Lipinski definition) is 1. The number of thiocarbonyl (C=S) groups is 1. The maximum atomic E-state index is 15.5. The van der Waals surface area contributed by atoms with E-state index >= 15 is 4.39 Å². The Hall–Kier alpha value is -4.51. The molecule has 1 fully saturated rings. The van der Waals surface area contributed by atoms with Crippen LogP contribution in [0.15, 0.2) is 35.3 Å². The van der Waals surface area contributed by atoms with Crippen molar-refractivity contribution >= 4 is 46.2 Å². The highest BCUT2D eigenvalue weighted by Gasteiger charge is 2.51.